The van der Waals surface area contributed by atoms with Crippen molar-refractivity contribution >= 4 is 28.4 Å². The largest absolute Gasteiger partial charge is 0.478 e. The molecule has 0 radical (unpaired) electrons. The van der Waals surface area contributed by atoms with Crippen molar-refractivity contribution in [3.05, 3.63) is 63.7 Å². The molecule has 0 aliphatic carbocycles. The second-order valence-corrected chi connectivity index (χ2v) is 6.00. The van der Waals surface area contributed by atoms with E-state index in [4.69, 9.17) is 0 Å². The van der Waals surface area contributed by atoms with E-state index < -0.39 is 38.9 Å². The van der Waals surface area contributed by atoms with Crippen molar-refractivity contribution in [3.63, 3.8) is 0 Å². The molecule has 0 bridgehead atoms. The van der Waals surface area contributed by atoms with Crippen LogP contribution in [0.2, 0.25) is 0 Å². The molecule has 9 heteroatoms. The summed E-state index contributed by atoms with van der Waals surface area (Å²) in [5.41, 5.74) is -0.741. The van der Waals surface area contributed by atoms with Gasteiger partial charge in [-0.1, -0.05) is 12.1 Å². The van der Waals surface area contributed by atoms with Gasteiger partial charge in [0, 0.05) is 19.2 Å². The molecule has 0 saturated heterocycles. The maximum absolute atomic E-state index is 12.8. The Kier molecular flexibility index (Phi) is 5.05. The van der Waals surface area contributed by atoms with Crippen LogP contribution >= 0.6 is 0 Å². The normalized spacial score (nSPS) is 11.5. The first kappa shape index (κ1) is 17.3. The number of carboxylic acids is 1. The Hall–Kier alpha value is -3.07. The predicted octanol–water partition coefficient (Wildman–Crippen LogP) is 1.82. The molecule has 124 valence electrons. The van der Waals surface area contributed by atoms with E-state index in [-0.39, 0.29) is 15.4 Å². The summed E-state index contributed by atoms with van der Waals surface area (Å²) in [6.45, 7) is 0. The molecule has 8 nitrogen and oxygen atoms in total. The number of amides is 1. The van der Waals surface area contributed by atoms with Gasteiger partial charge in [-0.05, 0) is 18.2 Å². The third-order valence-electron chi connectivity index (χ3n) is 3.16. The number of nitro benzene ring substituents is 1. The van der Waals surface area contributed by atoms with Crippen LogP contribution in [0, 0.1) is 10.1 Å². The zero-order valence-corrected chi connectivity index (χ0v) is 13.2. The molecule has 0 heterocycles. The summed E-state index contributed by atoms with van der Waals surface area (Å²) in [4.78, 5) is 33.3. The molecule has 24 heavy (non-hydrogen) atoms. The SMILES string of the molecule is CNC(=O)c1ccccc1[S@@](=O)c1ccc([N+](=O)[O-])cc1C(=O)O. The molecular weight excluding hydrogens is 336 g/mol. The number of carbonyl (C=O) groups is 2. The van der Waals surface area contributed by atoms with Crippen LogP contribution in [0.4, 0.5) is 5.69 Å². The van der Waals surface area contributed by atoms with Crippen LogP contribution in [0.1, 0.15) is 20.7 Å². The number of nitrogens with zero attached hydrogens (tertiary/aromatic N) is 1. The summed E-state index contributed by atoms with van der Waals surface area (Å²) >= 11 is 0. The average Bonchev–Trinajstić information content (AvgIpc) is 2.59. The number of hydrogen-bond acceptors (Lipinski definition) is 5. The van der Waals surface area contributed by atoms with Gasteiger partial charge in [-0.25, -0.2) is 9.00 Å². The predicted molar refractivity (Wildman–Crippen MR) is 84.6 cm³/mol. The van der Waals surface area contributed by atoms with Crippen LogP contribution in [-0.4, -0.2) is 33.2 Å². The Morgan fingerprint density at radius 2 is 1.75 bits per heavy atom. The van der Waals surface area contributed by atoms with E-state index in [2.05, 4.69) is 5.32 Å². The van der Waals surface area contributed by atoms with Crippen LogP contribution in [-0.2, 0) is 10.8 Å². The van der Waals surface area contributed by atoms with Gasteiger partial charge in [0.2, 0.25) is 0 Å². The maximum Gasteiger partial charge on any atom is 0.337 e. The monoisotopic (exact) mass is 348 g/mol. The van der Waals surface area contributed by atoms with Crippen LogP contribution in [0.5, 0.6) is 0 Å². The third-order valence-corrected chi connectivity index (χ3v) is 4.67. The first-order chi connectivity index (χ1) is 11.4. The summed E-state index contributed by atoms with van der Waals surface area (Å²) < 4.78 is 12.8. The standard InChI is InChI=1S/C15H12N2O6S/c1-16-14(18)10-4-2-3-5-12(10)24(23)13-7-6-9(17(21)22)8-11(13)15(19)20/h2-8H,1H3,(H,16,18)(H,19,20)/t24-/m1/s1. The summed E-state index contributed by atoms with van der Waals surface area (Å²) in [6.07, 6.45) is 0. The van der Waals surface area contributed by atoms with Gasteiger partial charge in [0.25, 0.3) is 11.6 Å². The molecular formula is C15H12N2O6S. The van der Waals surface area contributed by atoms with Gasteiger partial charge < -0.3 is 10.4 Å². The summed E-state index contributed by atoms with van der Waals surface area (Å²) in [5.74, 6) is -1.92. The zero-order valence-electron chi connectivity index (χ0n) is 12.4. The van der Waals surface area contributed by atoms with Crippen molar-refractivity contribution < 1.29 is 23.8 Å². The first-order valence-electron chi connectivity index (χ1n) is 6.61. The van der Waals surface area contributed by atoms with Gasteiger partial charge in [0.05, 0.1) is 36.6 Å². The molecule has 2 aromatic carbocycles. The highest BCUT2D eigenvalue weighted by Crippen LogP contribution is 2.26. The summed E-state index contributed by atoms with van der Waals surface area (Å²) in [6, 6.07) is 9.08. The molecule has 0 aromatic heterocycles. The fourth-order valence-corrected chi connectivity index (χ4v) is 3.37. The molecule has 2 N–H and O–H groups in total. The lowest BCUT2D eigenvalue weighted by molar-refractivity contribution is -0.384. The number of rotatable bonds is 5. The van der Waals surface area contributed by atoms with Crippen LogP contribution < -0.4 is 5.32 Å². The van der Waals surface area contributed by atoms with Crippen LogP contribution in [0.3, 0.4) is 0 Å². The van der Waals surface area contributed by atoms with Crippen molar-refractivity contribution in [1.82, 2.24) is 5.32 Å². The fourth-order valence-electron chi connectivity index (χ4n) is 2.03. The minimum Gasteiger partial charge on any atom is -0.478 e. The Labute approximate surface area is 138 Å². The van der Waals surface area contributed by atoms with Crippen molar-refractivity contribution in [3.8, 4) is 0 Å². The first-order valence-corrected chi connectivity index (χ1v) is 7.76. The fraction of sp³-hybridized carbons (Fsp3) is 0.0667. The van der Waals surface area contributed by atoms with E-state index in [0.717, 1.165) is 18.2 Å². The molecule has 2 aromatic rings. The Balaban J connectivity index is 2.61. The minimum absolute atomic E-state index is 0.119. The van der Waals surface area contributed by atoms with Crippen LogP contribution in [0.25, 0.3) is 0 Å². The number of hydrogen-bond donors (Lipinski definition) is 2. The van der Waals surface area contributed by atoms with Crippen molar-refractivity contribution in [2.24, 2.45) is 0 Å². The quantitative estimate of drug-likeness (QED) is 0.627. The second-order valence-electron chi connectivity index (χ2n) is 4.59. The van der Waals surface area contributed by atoms with Gasteiger partial charge in [-0.15, -0.1) is 0 Å². The summed E-state index contributed by atoms with van der Waals surface area (Å²) in [7, 11) is -0.585. The van der Waals surface area contributed by atoms with E-state index in [1.54, 1.807) is 12.1 Å². The molecule has 0 unspecified atom stereocenters. The number of carboxylic acid groups (broad SMARTS) is 1. The number of benzene rings is 2. The Morgan fingerprint density at radius 1 is 1.12 bits per heavy atom. The molecule has 0 aliphatic heterocycles. The highest BCUT2D eigenvalue weighted by molar-refractivity contribution is 7.85. The number of nitro groups is 1. The van der Waals surface area contributed by atoms with E-state index >= 15 is 0 Å². The Bertz CT molecular complexity index is 865. The maximum atomic E-state index is 12.8. The molecule has 0 spiro atoms. The summed E-state index contributed by atoms with van der Waals surface area (Å²) in [5, 5.41) is 22.5. The minimum atomic E-state index is -2.00. The molecule has 1 atom stereocenters. The van der Waals surface area contributed by atoms with Gasteiger partial charge in [-0.3, -0.25) is 14.9 Å². The van der Waals surface area contributed by atoms with Gasteiger partial charge in [0.15, 0.2) is 0 Å². The topological polar surface area (TPSA) is 127 Å². The molecule has 1 amide bonds. The number of non-ortho nitro benzene ring substituents is 1. The number of carbonyl (C=O) groups excluding carboxylic acids is 1. The zero-order chi connectivity index (χ0) is 17.9. The number of aromatic carboxylic acids is 1. The molecule has 0 aliphatic rings. The van der Waals surface area contributed by atoms with E-state index in [9.17, 15) is 29.0 Å². The lowest BCUT2D eigenvalue weighted by atomic mass is 10.2. The van der Waals surface area contributed by atoms with E-state index in [0.29, 0.717) is 0 Å². The van der Waals surface area contributed by atoms with Gasteiger partial charge in [0.1, 0.15) is 0 Å². The number of nitrogens with one attached hydrogen (secondary N) is 1. The lowest BCUT2D eigenvalue weighted by Gasteiger charge is -2.10. The smallest absolute Gasteiger partial charge is 0.337 e. The van der Waals surface area contributed by atoms with E-state index in [1.807, 2.05) is 0 Å². The highest BCUT2D eigenvalue weighted by atomic mass is 32.2. The third kappa shape index (κ3) is 3.30. The van der Waals surface area contributed by atoms with Crippen molar-refractivity contribution in [1.29, 1.82) is 0 Å². The molecule has 2 rings (SSSR count). The highest BCUT2D eigenvalue weighted by Gasteiger charge is 2.23. The lowest BCUT2D eigenvalue weighted by Crippen LogP contribution is -2.20. The Morgan fingerprint density at radius 3 is 2.33 bits per heavy atom. The van der Waals surface area contributed by atoms with Crippen molar-refractivity contribution in [2.75, 3.05) is 7.05 Å². The van der Waals surface area contributed by atoms with Gasteiger partial charge >= 0.3 is 5.97 Å². The second kappa shape index (κ2) is 7.01. The molecule has 0 saturated carbocycles. The van der Waals surface area contributed by atoms with Crippen molar-refractivity contribution in [2.45, 2.75) is 9.79 Å². The molecule has 0 fully saturated rings. The van der Waals surface area contributed by atoms with Crippen LogP contribution in [0.15, 0.2) is 52.3 Å². The van der Waals surface area contributed by atoms with Gasteiger partial charge in [-0.2, -0.15) is 0 Å². The average molecular weight is 348 g/mol. The van der Waals surface area contributed by atoms with E-state index in [1.165, 1.54) is 19.2 Å².